The molecular weight excluding hydrogens is 544 g/mol. The maximum absolute atomic E-state index is 13.0. The van der Waals surface area contributed by atoms with Crippen LogP contribution in [0.3, 0.4) is 0 Å². The third kappa shape index (κ3) is 6.61. The van der Waals surface area contributed by atoms with Crippen molar-refractivity contribution in [2.24, 2.45) is 23.7 Å². The molecule has 4 aliphatic carbocycles. The first-order valence-corrected chi connectivity index (χ1v) is 17.3. The van der Waals surface area contributed by atoms with Crippen molar-refractivity contribution in [3.8, 4) is 5.75 Å². The van der Waals surface area contributed by atoms with Crippen molar-refractivity contribution in [2.75, 3.05) is 0 Å². The van der Waals surface area contributed by atoms with Crippen LogP contribution in [-0.2, 0) is 16.6 Å². The van der Waals surface area contributed by atoms with Crippen LogP contribution in [0.4, 0.5) is 0 Å². The third-order valence-corrected chi connectivity index (χ3v) is 11.4. The molecule has 4 nitrogen and oxygen atoms in total. The number of hydrogen-bond donors (Lipinski definition) is 3. The Balaban J connectivity index is 1.30. The lowest BCUT2D eigenvalue weighted by Crippen LogP contribution is -2.51. The number of aliphatic hydroxyl groups excluding tert-OH is 1. The van der Waals surface area contributed by atoms with Gasteiger partial charge in [-0.2, -0.15) is 0 Å². The van der Waals surface area contributed by atoms with E-state index >= 15 is 0 Å². The number of phenols is 1. The Labute approximate surface area is 263 Å². The van der Waals surface area contributed by atoms with Gasteiger partial charge in [-0.15, -0.1) is 0 Å². The van der Waals surface area contributed by atoms with E-state index < -0.39 is 23.4 Å². The summed E-state index contributed by atoms with van der Waals surface area (Å²) >= 11 is 0. The summed E-state index contributed by atoms with van der Waals surface area (Å²) in [6.45, 7) is 0. The van der Waals surface area contributed by atoms with Gasteiger partial charge in [-0.05, 0) is 122 Å². The predicted molar refractivity (Wildman–Crippen MR) is 178 cm³/mol. The zero-order chi connectivity index (χ0) is 30.5. The lowest BCUT2D eigenvalue weighted by Gasteiger charge is -2.51. The maximum atomic E-state index is 13.0. The minimum absolute atomic E-state index is 0.108. The number of carboxylic acid groups (broad SMARTS) is 1. The Morgan fingerprint density at radius 2 is 1.66 bits per heavy atom. The van der Waals surface area contributed by atoms with Crippen LogP contribution in [0.1, 0.15) is 112 Å². The Hall–Kier alpha value is -3.11. The van der Waals surface area contributed by atoms with Crippen LogP contribution in [0, 0.1) is 23.7 Å². The van der Waals surface area contributed by atoms with Gasteiger partial charge >= 0.3 is 5.97 Å². The summed E-state index contributed by atoms with van der Waals surface area (Å²) in [6, 6.07) is 14.5. The van der Waals surface area contributed by atoms with Crippen LogP contribution < -0.4 is 0 Å². The van der Waals surface area contributed by atoms with Crippen LogP contribution in [0.5, 0.6) is 5.75 Å². The highest BCUT2D eigenvalue weighted by Crippen LogP contribution is 2.55. The summed E-state index contributed by atoms with van der Waals surface area (Å²) in [5, 5.41) is 31.7. The number of rotatable bonds is 9. The third-order valence-electron chi connectivity index (χ3n) is 11.4. The van der Waals surface area contributed by atoms with Gasteiger partial charge in [-0.1, -0.05) is 92.5 Å². The Morgan fingerprint density at radius 3 is 2.43 bits per heavy atom. The molecule has 44 heavy (non-hydrogen) atoms. The normalized spacial score (nSPS) is 31.2. The quantitative estimate of drug-likeness (QED) is 0.200. The van der Waals surface area contributed by atoms with Crippen molar-refractivity contribution in [1.82, 2.24) is 0 Å². The molecular formula is C40H50O4. The number of fused-ring (bicyclic) bond motifs is 1. The molecule has 0 saturated heterocycles. The Morgan fingerprint density at radius 1 is 0.864 bits per heavy atom. The Bertz CT molecular complexity index is 1370. The molecule has 6 rings (SSSR count). The maximum Gasteiger partial charge on any atom is 0.307 e. The topological polar surface area (TPSA) is 77.8 Å². The number of hydrogen-bond acceptors (Lipinski definition) is 3. The van der Waals surface area contributed by atoms with Gasteiger partial charge in [0.25, 0.3) is 0 Å². The molecule has 0 unspecified atom stereocenters. The van der Waals surface area contributed by atoms with Crippen molar-refractivity contribution in [1.29, 1.82) is 0 Å². The molecule has 0 aromatic heterocycles. The SMILES string of the molecule is O=C(O)[C@H]1CC=CC[C@H](CCCCCC[C@H]2C=CCC2)[C@H](c2ccc(O)cc2)Cc2ccc3c(c2)[C@]12C[C@@H](O)CC[C@@H]2C=C3. The number of carbonyl (C=O) groups is 1. The predicted octanol–water partition coefficient (Wildman–Crippen LogP) is 9.12. The van der Waals surface area contributed by atoms with Gasteiger partial charge in [0.05, 0.1) is 12.0 Å². The summed E-state index contributed by atoms with van der Waals surface area (Å²) in [5.74, 6) is 0.557. The van der Waals surface area contributed by atoms with E-state index in [0.717, 1.165) is 49.1 Å². The van der Waals surface area contributed by atoms with Crippen LogP contribution in [0.2, 0.25) is 0 Å². The fraction of sp³-hybridized carbons (Fsp3) is 0.525. The van der Waals surface area contributed by atoms with Crippen LogP contribution >= 0.6 is 0 Å². The fourth-order valence-corrected chi connectivity index (χ4v) is 9.09. The van der Waals surface area contributed by atoms with Crippen LogP contribution in [-0.4, -0.2) is 27.4 Å². The van der Waals surface area contributed by atoms with Crippen molar-refractivity contribution in [3.05, 3.63) is 95.1 Å². The average molecular weight is 595 g/mol. The highest BCUT2D eigenvalue weighted by molar-refractivity contribution is 5.75. The van der Waals surface area contributed by atoms with Crippen LogP contribution in [0.25, 0.3) is 6.08 Å². The van der Waals surface area contributed by atoms with Crippen molar-refractivity contribution < 1.29 is 20.1 Å². The molecule has 2 aromatic rings. The lowest BCUT2D eigenvalue weighted by atomic mass is 9.52. The fourth-order valence-electron chi connectivity index (χ4n) is 9.09. The second-order valence-corrected chi connectivity index (χ2v) is 14.1. The largest absolute Gasteiger partial charge is 0.508 e. The van der Waals surface area contributed by atoms with Crippen molar-refractivity contribution in [2.45, 2.75) is 107 Å². The van der Waals surface area contributed by atoms with E-state index in [1.165, 1.54) is 56.1 Å². The zero-order valence-electron chi connectivity index (χ0n) is 26.1. The standard InChI is InChI=1S/C40H50O4/c41-34-22-18-31(19-23-34)36-25-29-15-16-32-17-20-33-21-24-35(42)27-40(33,38(32)26-29)37(39(43)44)14-8-7-13-30(36)12-4-2-1-3-9-28-10-5-6-11-28/h5,7-8,10,15-20,22-23,26,28,30,33,35-37,41-42H,1-4,6,9,11-14,21,24-25,27H2,(H,43,44)/t28-,30-,33-,35-,36+,37+,40-/m0/s1. The number of unbranched alkanes of at least 4 members (excludes halogenated alkanes) is 3. The first-order chi connectivity index (χ1) is 21.4. The monoisotopic (exact) mass is 594 g/mol. The second-order valence-electron chi connectivity index (χ2n) is 14.1. The van der Waals surface area contributed by atoms with Crippen molar-refractivity contribution >= 4 is 12.0 Å². The van der Waals surface area contributed by atoms with Gasteiger partial charge in [-0.25, -0.2) is 0 Å². The van der Waals surface area contributed by atoms with E-state index in [0.29, 0.717) is 30.4 Å². The summed E-state index contributed by atoms with van der Waals surface area (Å²) in [5.41, 5.74) is 4.08. The number of aromatic hydroxyl groups is 1. The molecule has 1 fully saturated rings. The molecule has 0 heterocycles. The summed E-state index contributed by atoms with van der Waals surface area (Å²) in [7, 11) is 0. The van der Waals surface area contributed by atoms with E-state index in [9.17, 15) is 20.1 Å². The molecule has 0 radical (unpaired) electrons. The van der Waals surface area contributed by atoms with Gasteiger partial charge in [0, 0.05) is 5.41 Å². The minimum atomic E-state index is -0.760. The zero-order valence-corrected chi connectivity index (χ0v) is 26.1. The molecule has 7 atom stereocenters. The molecule has 2 bridgehead atoms. The highest BCUT2D eigenvalue weighted by Gasteiger charge is 2.53. The lowest BCUT2D eigenvalue weighted by molar-refractivity contribution is -0.146. The van der Waals surface area contributed by atoms with Crippen molar-refractivity contribution in [3.63, 3.8) is 0 Å². The molecule has 3 N–H and O–H groups in total. The number of aliphatic hydroxyl groups is 1. The van der Waals surface area contributed by atoms with Gasteiger partial charge in [0.15, 0.2) is 0 Å². The van der Waals surface area contributed by atoms with Gasteiger partial charge in [0.2, 0.25) is 0 Å². The summed E-state index contributed by atoms with van der Waals surface area (Å²) in [4.78, 5) is 13.0. The van der Waals surface area contributed by atoms with Gasteiger partial charge in [-0.3, -0.25) is 4.79 Å². The second kappa shape index (κ2) is 13.9. The number of phenolic OH excluding ortho intramolecular Hbond substituents is 1. The average Bonchev–Trinajstić information content (AvgIpc) is 3.54. The van der Waals surface area contributed by atoms with E-state index in [-0.39, 0.29) is 5.92 Å². The number of carboxylic acids is 1. The van der Waals surface area contributed by atoms with E-state index in [1.807, 2.05) is 12.1 Å². The molecule has 4 heteroatoms. The molecule has 4 aliphatic rings. The molecule has 0 amide bonds. The van der Waals surface area contributed by atoms with Gasteiger partial charge in [0.1, 0.15) is 5.75 Å². The first kappa shape index (κ1) is 30.9. The highest BCUT2D eigenvalue weighted by atomic mass is 16.4. The number of allylic oxidation sites excluding steroid dienone is 5. The smallest absolute Gasteiger partial charge is 0.307 e. The molecule has 234 valence electrons. The molecule has 1 saturated carbocycles. The number of benzene rings is 2. The van der Waals surface area contributed by atoms with E-state index in [4.69, 9.17) is 0 Å². The molecule has 2 aromatic carbocycles. The van der Waals surface area contributed by atoms with Crippen LogP contribution in [0.15, 0.2) is 72.8 Å². The summed E-state index contributed by atoms with van der Waals surface area (Å²) < 4.78 is 0. The van der Waals surface area contributed by atoms with Gasteiger partial charge < -0.3 is 15.3 Å². The van der Waals surface area contributed by atoms with E-state index in [2.05, 4.69) is 66.8 Å². The number of aliphatic carboxylic acids is 1. The molecule has 1 spiro atoms. The van der Waals surface area contributed by atoms with E-state index in [1.54, 1.807) is 0 Å². The first-order valence-electron chi connectivity index (χ1n) is 17.3. The summed E-state index contributed by atoms with van der Waals surface area (Å²) in [6.07, 6.45) is 27.4. The molecule has 0 aliphatic heterocycles. The minimum Gasteiger partial charge on any atom is -0.508 e. The Kier molecular flexibility index (Phi) is 9.76.